The third kappa shape index (κ3) is 8.67. The fourth-order valence-corrected chi connectivity index (χ4v) is 3.11. The molecule has 0 saturated heterocycles. The van der Waals surface area contributed by atoms with Crippen molar-refractivity contribution >= 4 is 41.3 Å². The van der Waals surface area contributed by atoms with Gasteiger partial charge in [-0.2, -0.15) is 0 Å². The topological polar surface area (TPSA) is 49.3 Å². The number of hydrogen-bond donors (Lipinski definition) is 2. The first-order chi connectivity index (χ1) is 11.7. The van der Waals surface area contributed by atoms with Crippen LogP contribution in [0.3, 0.4) is 0 Å². The summed E-state index contributed by atoms with van der Waals surface area (Å²) in [5, 5.41) is 10.1. The lowest BCUT2D eigenvalue weighted by molar-refractivity contribution is 0.593. The van der Waals surface area contributed by atoms with Crippen LogP contribution in [-0.2, 0) is 12.8 Å². The highest BCUT2D eigenvalue weighted by molar-refractivity contribution is 14.0. The van der Waals surface area contributed by atoms with Crippen LogP contribution < -0.4 is 10.6 Å². The van der Waals surface area contributed by atoms with Gasteiger partial charge in [-0.05, 0) is 39.2 Å². The summed E-state index contributed by atoms with van der Waals surface area (Å²) < 4.78 is 0. The maximum absolute atomic E-state index is 4.67. The molecule has 0 aliphatic heterocycles. The Hall–Kier alpha value is -1.15. The lowest BCUT2D eigenvalue weighted by Gasteiger charge is -2.17. The van der Waals surface area contributed by atoms with E-state index in [2.05, 4.69) is 70.2 Å². The van der Waals surface area contributed by atoms with Gasteiger partial charge in [0.2, 0.25) is 0 Å². The Bertz CT molecular complexity index is 627. The molecule has 0 aliphatic rings. The predicted molar refractivity (Wildman–Crippen MR) is 119 cm³/mol. The highest BCUT2D eigenvalue weighted by Crippen LogP contribution is 2.08. The molecule has 0 spiro atoms. The van der Waals surface area contributed by atoms with Crippen LogP contribution in [0.4, 0.5) is 0 Å². The first kappa shape index (κ1) is 21.9. The summed E-state index contributed by atoms with van der Waals surface area (Å²) in [6.45, 7) is 7.96. The monoisotopic (exact) mass is 472 g/mol. The Labute approximate surface area is 172 Å². The zero-order valence-electron chi connectivity index (χ0n) is 15.3. The second-order valence-corrected chi connectivity index (χ2v) is 7.00. The summed E-state index contributed by atoms with van der Waals surface area (Å²) in [5.41, 5.74) is 2.52. The molecule has 25 heavy (non-hydrogen) atoms. The first-order valence-corrected chi connectivity index (χ1v) is 9.55. The van der Waals surface area contributed by atoms with Gasteiger partial charge >= 0.3 is 0 Å². The smallest absolute Gasteiger partial charge is 0.191 e. The molecular formula is C19H29IN4S. The Kier molecular flexibility index (Phi) is 10.7. The van der Waals surface area contributed by atoms with Gasteiger partial charge in [-0.1, -0.05) is 30.3 Å². The third-order valence-corrected chi connectivity index (χ3v) is 4.56. The predicted octanol–water partition coefficient (Wildman–Crippen LogP) is 4.19. The molecule has 4 nitrogen and oxygen atoms in total. The largest absolute Gasteiger partial charge is 0.357 e. The highest BCUT2D eigenvalue weighted by Gasteiger charge is 2.06. The lowest BCUT2D eigenvalue weighted by Crippen LogP contribution is -2.42. The average Bonchev–Trinajstić information content (AvgIpc) is 2.99. The summed E-state index contributed by atoms with van der Waals surface area (Å²) >= 11 is 1.70. The number of aliphatic imine (C=N–C) groups is 1. The molecule has 6 heteroatoms. The van der Waals surface area contributed by atoms with Crippen molar-refractivity contribution in [3.8, 4) is 0 Å². The van der Waals surface area contributed by atoms with Crippen molar-refractivity contribution in [2.24, 2.45) is 4.99 Å². The van der Waals surface area contributed by atoms with Crippen LogP contribution in [0.1, 0.15) is 36.5 Å². The van der Waals surface area contributed by atoms with Crippen LogP contribution in [-0.4, -0.2) is 30.1 Å². The third-order valence-electron chi connectivity index (χ3n) is 3.74. The minimum atomic E-state index is 0. The maximum atomic E-state index is 4.67. The quantitative estimate of drug-likeness (QED) is 0.344. The van der Waals surface area contributed by atoms with Crippen molar-refractivity contribution < 1.29 is 0 Å². The fraction of sp³-hybridized carbons (Fsp3) is 0.474. The highest BCUT2D eigenvalue weighted by atomic mass is 127. The molecule has 0 amide bonds. The molecular weight excluding hydrogens is 443 g/mol. The van der Waals surface area contributed by atoms with Gasteiger partial charge in [-0.3, -0.25) is 4.99 Å². The molecule has 1 aromatic heterocycles. The molecule has 0 bridgehead atoms. The van der Waals surface area contributed by atoms with Gasteiger partial charge in [0.05, 0.1) is 10.7 Å². The van der Waals surface area contributed by atoms with Crippen LogP contribution >= 0.6 is 35.3 Å². The molecule has 2 rings (SSSR count). The minimum absolute atomic E-state index is 0. The first-order valence-electron chi connectivity index (χ1n) is 8.67. The molecule has 138 valence electrons. The molecule has 0 aliphatic carbocycles. The van der Waals surface area contributed by atoms with Crippen molar-refractivity contribution in [2.75, 3.05) is 13.1 Å². The van der Waals surface area contributed by atoms with Crippen LogP contribution in [0.5, 0.6) is 0 Å². The van der Waals surface area contributed by atoms with Crippen molar-refractivity contribution in [3.05, 3.63) is 52.0 Å². The van der Waals surface area contributed by atoms with Gasteiger partial charge in [0.15, 0.2) is 5.96 Å². The Morgan fingerprint density at radius 3 is 2.64 bits per heavy atom. The van der Waals surface area contributed by atoms with E-state index in [1.807, 2.05) is 6.92 Å². The minimum Gasteiger partial charge on any atom is -0.357 e. The van der Waals surface area contributed by atoms with Crippen LogP contribution in [0.2, 0.25) is 0 Å². The van der Waals surface area contributed by atoms with Crippen molar-refractivity contribution in [2.45, 2.75) is 46.1 Å². The van der Waals surface area contributed by atoms with E-state index in [4.69, 9.17) is 0 Å². The average molecular weight is 472 g/mol. The number of guanidine groups is 1. The summed E-state index contributed by atoms with van der Waals surface area (Å²) in [7, 11) is 0. The SMILES string of the molecule is CCNC(=NCCc1csc(C)n1)NC(C)CCc1ccccc1.I. The molecule has 1 aromatic carbocycles. The zero-order chi connectivity index (χ0) is 17.2. The van der Waals surface area contributed by atoms with Gasteiger partial charge in [0.25, 0.3) is 0 Å². The summed E-state index contributed by atoms with van der Waals surface area (Å²) in [6.07, 6.45) is 3.05. The fourth-order valence-electron chi connectivity index (χ4n) is 2.46. The van der Waals surface area contributed by atoms with E-state index >= 15 is 0 Å². The Balaban J connectivity index is 0.00000312. The van der Waals surface area contributed by atoms with E-state index in [0.29, 0.717) is 6.04 Å². The van der Waals surface area contributed by atoms with E-state index in [1.54, 1.807) is 11.3 Å². The molecule has 0 fully saturated rings. The number of nitrogens with zero attached hydrogens (tertiary/aromatic N) is 2. The van der Waals surface area contributed by atoms with Gasteiger partial charge in [-0.15, -0.1) is 35.3 Å². The number of nitrogens with one attached hydrogen (secondary N) is 2. The van der Waals surface area contributed by atoms with Crippen molar-refractivity contribution in [1.82, 2.24) is 15.6 Å². The number of benzene rings is 1. The molecule has 1 unspecified atom stereocenters. The number of rotatable bonds is 8. The number of halogens is 1. The van der Waals surface area contributed by atoms with E-state index in [9.17, 15) is 0 Å². The Morgan fingerprint density at radius 2 is 2.00 bits per heavy atom. The maximum Gasteiger partial charge on any atom is 0.191 e. The van der Waals surface area contributed by atoms with Gasteiger partial charge in [0, 0.05) is 30.9 Å². The molecule has 1 heterocycles. The molecule has 1 atom stereocenters. The zero-order valence-corrected chi connectivity index (χ0v) is 18.4. The van der Waals surface area contributed by atoms with E-state index in [-0.39, 0.29) is 24.0 Å². The second-order valence-electron chi connectivity index (χ2n) is 5.94. The molecule has 2 aromatic rings. The lowest BCUT2D eigenvalue weighted by atomic mass is 10.1. The van der Waals surface area contributed by atoms with Crippen molar-refractivity contribution in [1.29, 1.82) is 0 Å². The van der Waals surface area contributed by atoms with Gasteiger partial charge < -0.3 is 10.6 Å². The van der Waals surface area contributed by atoms with Crippen molar-refractivity contribution in [3.63, 3.8) is 0 Å². The van der Waals surface area contributed by atoms with Crippen LogP contribution in [0.15, 0.2) is 40.7 Å². The molecule has 0 radical (unpaired) electrons. The Morgan fingerprint density at radius 1 is 1.24 bits per heavy atom. The van der Waals surface area contributed by atoms with Crippen LogP contribution in [0, 0.1) is 6.92 Å². The van der Waals surface area contributed by atoms with E-state index < -0.39 is 0 Å². The summed E-state index contributed by atoms with van der Waals surface area (Å²) in [4.78, 5) is 9.16. The second kappa shape index (κ2) is 12.2. The molecule has 2 N–H and O–H groups in total. The summed E-state index contributed by atoms with van der Waals surface area (Å²) in [5.74, 6) is 0.894. The normalized spacial score (nSPS) is 12.4. The van der Waals surface area contributed by atoms with E-state index in [0.717, 1.165) is 49.0 Å². The number of hydrogen-bond acceptors (Lipinski definition) is 3. The number of thiazole rings is 1. The van der Waals surface area contributed by atoms with E-state index in [1.165, 1.54) is 5.56 Å². The van der Waals surface area contributed by atoms with Gasteiger partial charge in [0.1, 0.15) is 0 Å². The standard InChI is InChI=1S/C19H28N4S.HI/c1-4-20-19(21-13-12-18-14-24-16(3)23-18)22-15(2)10-11-17-8-6-5-7-9-17;/h5-9,14-15H,4,10-13H2,1-3H3,(H2,20,21,22);1H. The molecule has 0 saturated carbocycles. The van der Waals surface area contributed by atoms with Crippen LogP contribution in [0.25, 0.3) is 0 Å². The number of aromatic nitrogens is 1. The van der Waals surface area contributed by atoms with Gasteiger partial charge in [-0.25, -0.2) is 4.98 Å². The number of aryl methyl sites for hydroxylation is 2. The summed E-state index contributed by atoms with van der Waals surface area (Å²) in [6, 6.07) is 11.0.